The first-order valence-corrected chi connectivity index (χ1v) is 7.20. The Morgan fingerprint density at radius 3 is 2.95 bits per heavy atom. The van der Waals surface area contributed by atoms with E-state index >= 15 is 0 Å². The number of anilines is 1. The van der Waals surface area contributed by atoms with Crippen LogP contribution in [0.1, 0.15) is 13.3 Å². The van der Waals surface area contributed by atoms with Gasteiger partial charge >= 0.3 is 0 Å². The summed E-state index contributed by atoms with van der Waals surface area (Å²) in [7, 11) is 0. The smallest absolute Gasteiger partial charge is 0.287 e. The summed E-state index contributed by atoms with van der Waals surface area (Å²) in [6, 6.07) is 6.44. The maximum absolute atomic E-state index is 10.9. The van der Waals surface area contributed by atoms with Crippen LogP contribution in [0.5, 0.6) is 11.5 Å². The molecule has 0 unspecified atom stereocenters. The van der Waals surface area contributed by atoms with Crippen LogP contribution in [-0.4, -0.2) is 16.5 Å². The largest absolute Gasteiger partial charge is 0.454 e. The van der Waals surface area contributed by atoms with Crippen molar-refractivity contribution in [3.05, 3.63) is 51.2 Å². The molecule has 1 N–H and O–H groups in total. The summed E-state index contributed by atoms with van der Waals surface area (Å²) in [5.74, 6) is 0.885. The molecule has 21 heavy (non-hydrogen) atoms. The van der Waals surface area contributed by atoms with Gasteiger partial charge in [0.05, 0.1) is 23.0 Å². The van der Waals surface area contributed by atoms with Gasteiger partial charge in [-0.2, -0.15) is 0 Å². The van der Waals surface area contributed by atoms with Crippen molar-refractivity contribution < 1.29 is 9.66 Å². The van der Waals surface area contributed by atoms with E-state index in [-0.39, 0.29) is 5.69 Å². The Balaban J connectivity index is 2.22. The minimum Gasteiger partial charge on any atom is -0.454 e. The quantitative estimate of drug-likeness (QED) is 0.617. The number of halogens is 1. The lowest BCUT2D eigenvalue weighted by atomic mass is 10.3. The molecule has 0 aliphatic heterocycles. The molecule has 2 aromatic rings. The lowest BCUT2D eigenvalue weighted by molar-refractivity contribution is -0.385. The number of hydrogen-bond acceptors (Lipinski definition) is 5. The summed E-state index contributed by atoms with van der Waals surface area (Å²) in [6.07, 6.45) is 4.26. The van der Waals surface area contributed by atoms with Crippen LogP contribution >= 0.6 is 15.9 Å². The van der Waals surface area contributed by atoms with E-state index in [0.29, 0.717) is 16.0 Å². The maximum Gasteiger partial charge on any atom is 0.287 e. The van der Waals surface area contributed by atoms with E-state index in [1.54, 1.807) is 30.6 Å². The Hall–Kier alpha value is -2.15. The lowest BCUT2D eigenvalue weighted by Gasteiger charge is -2.09. The molecular formula is C14H14BrN3O3. The van der Waals surface area contributed by atoms with Crippen LogP contribution in [0.2, 0.25) is 0 Å². The maximum atomic E-state index is 10.9. The van der Waals surface area contributed by atoms with E-state index in [0.717, 1.165) is 18.7 Å². The van der Waals surface area contributed by atoms with Crippen LogP contribution in [0.3, 0.4) is 0 Å². The fraction of sp³-hybridized carbons (Fsp3) is 0.214. The summed E-state index contributed by atoms with van der Waals surface area (Å²) in [6.45, 7) is 2.91. The molecule has 0 saturated carbocycles. The van der Waals surface area contributed by atoms with Crippen LogP contribution in [0, 0.1) is 10.1 Å². The molecule has 7 heteroatoms. The van der Waals surface area contributed by atoms with Gasteiger partial charge in [-0.1, -0.05) is 13.0 Å². The van der Waals surface area contributed by atoms with Crippen molar-refractivity contribution in [1.29, 1.82) is 0 Å². The zero-order chi connectivity index (χ0) is 15.2. The summed E-state index contributed by atoms with van der Waals surface area (Å²) in [5, 5.41) is 14.1. The highest BCUT2D eigenvalue weighted by Gasteiger charge is 2.16. The predicted octanol–water partition coefficient (Wildman–Crippen LogP) is 4.37. The fourth-order valence-electron chi connectivity index (χ4n) is 1.69. The highest BCUT2D eigenvalue weighted by atomic mass is 79.9. The SMILES string of the molecule is CCCNc1cncc(Oc2cccc([N+](=O)[O-])c2Br)c1. The van der Waals surface area contributed by atoms with Gasteiger partial charge in [0.2, 0.25) is 0 Å². The van der Waals surface area contributed by atoms with Crippen molar-refractivity contribution in [3.8, 4) is 11.5 Å². The van der Waals surface area contributed by atoms with Gasteiger partial charge in [-0.25, -0.2) is 0 Å². The number of pyridine rings is 1. The standard InChI is InChI=1S/C14H14BrN3O3/c1-2-6-17-10-7-11(9-16-8-10)21-13-5-3-4-12(14(13)15)18(19)20/h3-5,7-9,17H,2,6H2,1H3. The molecule has 1 aromatic carbocycles. The first kappa shape index (κ1) is 15.2. The van der Waals surface area contributed by atoms with Crippen LogP contribution < -0.4 is 10.1 Å². The van der Waals surface area contributed by atoms with E-state index in [1.807, 2.05) is 0 Å². The fourth-order valence-corrected chi connectivity index (χ4v) is 2.18. The normalized spacial score (nSPS) is 10.2. The Morgan fingerprint density at radius 2 is 2.24 bits per heavy atom. The third-order valence-electron chi connectivity index (χ3n) is 2.66. The van der Waals surface area contributed by atoms with Gasteiger partial charge in [-0.3, -0.25) is 15.1 Å². The van der Waals surface area contributed by atoms with Gasteiger partial charge in [0, 0.05) is 18.7 Å². The van der Waals surface area contributed by atoms with Gasteiger partial charge in [0.25, 0.3) is 5.69 Å². The Kier molecular flexibility index (Phi) is 5.10. The molecule has 6 nitrogen and oxygen atoms in total. The summed E-state index contributed by atoms with van der Waals surface area (Å²) < 4.78 is 5.97. The molecule has 1 aromatic heterocycles. The monoisotopic (exact) mass is 351 g/mol. The van der Waals surface area contributed by atoms with Gasteiger partial charge < -0.3 is 10.1 Å². The lowest BCUT2D eigenvalue weighted by Crippen LogP contribution is -2.00. The van der Waals surface area contributed by atoms with Gasteiger partial charge in [-0.15, -0.1) is 0 Å². The molecule has 0 spiro atoms. The van der Waals surface area contributed by atoms with Gasteiger partial charge in [0.15, 0.2) is 0 Å². The van der Waals surface area contributed by atoms with E-state index in [2.05, 4.69) is 33.2 Å². The number of nitro groups is 1. The Labute approximate surface area is 130 Å². The van der Waals surface area contributed by atoms with E-state index in [9.17, 15) is 10.1 Å². The molecule has 0 aliphatic rings. The molecule has 0 fully saturated rings. The first-order chi connectivity index (χ1) is 10.1. The highest BCUT2D eigenvalue weighted by molar-refractivity contribution is 9.10. The Bertz CT molecular complexity index is 649. The zero-order valence-corrected chi connectivity index (χ0v) is 13.0. The topological polar surface area (TPSA) is 77.3 Å². The molecule has 0 radical (unpaired) electrons. The van der Waals surface area contributed by atoms with Crippen molar-refractivity contribution in [3.63, 3.8) is 0 Å². The van der Waals surface area contributed by atoms with Crippen LogP contribution in [0.4, 0.5) is 11.4 Å². The molecule has 0 saturated heterocycles. The second-order valence-electron chi connectivity index (χ2n) is 4.28. The van der Waals surface area contributed by atoms with E-state index < -0.39 is 4.92 Å². The number of nitrogens with one attached hydrogen (secondary N) is 1. The van der Waals surface area contributed by atoms with Gasteiger partial charge in [-0.05, 0) is 28.4 Å². The third kappa shape index (κ3) is 3.91. The highest BCUT2D eigenvalue weighted by Crippen LogP contribution is 2.36. The van der Waals surface area contributed by atoms with Crippen molar-refractivity contribution >= 4 is 27.3 Å². The molecule has 0 atom stereocenters. The number of nitro benzene ring substituents is 1. The summed E-state index contributed by atoms with van der Waals surface area (Å²) >= 11 is 3.20. The van der Waals surface area contributed by atoms with Gasteiger partial charge in [0.1, 0.15) is 16.0 Å². The Morgan fingerprint density at radius 1 is 1.43 bits per heavy atom. The molecule has 0 aliphatic carbocycles. The molecule has 0 amide bonds. The number of nitrogens with zero attached hydrogens (tertiary/aromatic N) is 2. The van der Waals surface area contributed by atoms with Crippen LogP contribution in [-0.2, 0) is 0 Å². The minimum atomic E-state index is -0.464. The number of hydrogen-bond donors (Lipinski definition) is 1. The molecule has 1 heterocycles. The predicted molar refractivity (Wildman–Crippen MR) is 83.9 cm³/mol. The summed E-state index contributed by atoms with van der Waals surface area (Å²) in [4.78, 5) is 14.5. The first-order valence-electron chi connectivity index (χ1n) is 6.41. The second-order valence-corrected chi connectivity index (χ2v) is 5.08. The second kappa shape index (κ2) is 7.03. The third-order valence-corrected chi connectivity index (χ3v) is 3.46. The van der Waals surface area contributed by atoms with Crippen LogP contribution in [0.15, 0.2) is 41.1 Å². The summed E-state index contributed by atoms with van der Waals surface area (Å²) in [5.41, 5.74) is 0.802. The van der Waals surface area contributed by atoms with Crippen molar-refractivity contribution in [2.45, 2.75) is 13.3 Å². The van der Waals surface area contributed by atoms with Crippen molar-refractivity contribution in [1.82, 2.24) is 4.98 Å². The number of rotatable bonds is 6. The number of ether oxygens (including phenoxy) is 1. The number of aromatic nitrogens is 1. The average molecular weight is 352 g/mol. The molecule has 110 valence electrons. The molecular weight excluding hydrogens is 338 g/mol. The van der Waals surface area contributed by atoms with Crippen molar-refractivity contribution in [2.24, 2.45) is 0 Å². The van der Waals surface area contributed by atoms with Crippen molar-refractivity contribution in [2.75, 3.05) is 11.9 Å². The van der Waals surface area contributed by atoms with E-state index in [1.165, 1.54) is 6.07 Å². The molecule has 0 bridgehead atoms. The number of benzene rings is 1. The van der Waals surface area contributed by atoms with E-state index in [4.69, 9.17) is 4.74 Å². The van der Waals surface area contributed by atoms with Crippen LogP contribution in [0.25, 0.3) is 0 Å². The zero-order valence-electron chi connectivity index (χ0n) is 11.4. The molecule has 2 rings (SSSR count). The average Bonchev–Trinajstić information content (AvgIpc) is 2.47. The minimum absolute atomic E-state index is 0.0410.